The summed E-state index contributed by atoms with van der Waals surface area (Å²) in [6.07, 6.45) is 2.07. The van der Waals surface area contributed by atoms with E-state index in [1.54, 1.807) is 0 Å². The molecular formula is C14H12F2N2O3. The zero-order valence-corrected chi connectivity index (χ0v) is 10.9. The molecule has 5 nitrogen and oxygen atoms in total. The van der Waals surface area contributed by atoms with E-state index in [1.807, 2.05) is 0 Å². The first-order valence-electron chi connectivity index (χ1n) is 6.47. The molecular weight excluding hydrogens is 282 g/mol. The molecule has 1 fully saturated rings. The van der Waals surface area contributed by atoms with Crippen LogP contribution in [0.2, 0.25) is 0 Å². The summed E-state index contributed by atoms with van der Waals surface area (Å²) >= 11 is 0. The minimum atomic E-state index is -1.29. The Morgan fingerprint density at radius 2 is 2.05 bits per heavy atom. The Kier molecular flexibility index (Phi) is 3.32. The SMILES string of the molecule is O=C(O)c1cc(OCC2CC2)n(-c2c(F)cccc2F)n1. The standard InChI is InChI=1S/C14H12F2N2O3/c15-9-2-1-3-10(16)13(9)18-12(21-7-8-4-5-8)6-11(17-18)14(19)20/h1-3,6,8H,4-5,7H2,(H,19,20). The van der Waals surface area contributed by atoms with Gasteiger partial charge >= 0.3 is 5.97 Å². The maximum Gasteiger partial charge on any atom is 0.356 e. The quantitative estimate of drug-likeness (QED) is 0.920. The highest BCUT2D eigenvalue weighted by Gasteiger charge is 2.25. The van der Waals surface area contributed by atoms with Crippen molar-refractivity contribution in [1.82, 2.24) is 9.78 Å². The number of benzene rings is 1. The smallest absolute Gasteiger partial charge is 0.356 e. The average molecular weight is 294 g/mol. The van der Waals surface area contributed by atoms with Crippen LogP contribution in [0.1, 0.15) is 23.3 Å². The summed E-state index contributed by atoms with van der Waals surface area (Å²) in [5, 5.41) is 12.7. The molecule has 7 heteroatoms. The lowest BCUT2D eigenvalue weighted by molar-refractivity contribution is 0.0690. The number of nitrogens with zero attached hydrogens (tertiary/aromatic N) is 2. The number of carboxylic acids is 1. The summed E-state index contributed by atoms with van der Waals surface area (Å²) in [7, 11) is 0. The van der Waals surface area contributed by atoms with Gasteiger partial charge in [-0.3, -0.25) is 0 Å². The minimum Gasteiger partial charge on any atom is -0.477 e. The van der Waals surface area contributed by atoms with Crippen molar-refractivity contribution < 1.29 is 23.4 Å². The second kappa shape index (κ2) is 5.16. The molecule has 1 heterocycles. The van der Waals surface area contributed by atoms with Crippen molar-refractivity contribution in [3.8, 4) is 11.6 Å². The number of rotatable bonds is 5. The molecule has 0 atom stereocenters. The zero-order valence-electron chi connectivity index (χ0n) is 10.9. The van der Waals surface area contributed by atoms with Gasteiger partial charge in [-0.05, 0) is 30.9 Å². The van der Waals surface area contributed by atoms with Gasteiger partial charge in [-0.15, -0.1) is 0 Å². The maximum atomic E-state index is 13.8. The van der Waals surface area contributed by atoms with E-state index in [1.165, 1.54) is 6.07 Å². The van der Waals surface area contributed by atoms with E-state index in [2.05, 4.69) is 5.10 Å². The molecule has 0 aliphatic heterocycles. The lowest BCUT2D eigenvalue weighted by atomic mass is 10.3. The Bertz CT molecular complexity index is 675. The molecule has 2 aromatic rings. The van der Waals surface area contributed by atoms with E-state index in [-0.39, 0.29) is 11.6 Å². The fourth-order valence-electron chi connectivity index (χ4n) is 1.91. The lowest BCUT2D eigenvalue weighted by Gasteiger charge is -2.10. The van der Waals surface area contributed by atoms with Crippen LogP contribution in [-0.2, 0) is 0 Å². The van der Waals surface area contributed by atoms with Crippen LogP contribution in [-0.4, -0.2) is 27.5 Å². The third-order valence-electron chi connectivity index (χ3n) is 3.21. The third kappa shape index (κ3) is 2.72. The predicted molar refractivity (Wildman–Crippen MR) is 68.7 cm³/mol. The molecule has 21 heavy (non-hydrogen) atoms. The first kappa shape index (κ1) is 13.5. The number of ether oxygens (including phenoxy) is 1. The molecule has 0 spiro atoms. The van der Waals surface area contributed by atoms with Gasteiger partial charge in [0, 0.05) is 6.07 Å². The van der Waals surface area contributed by atoms with Crippen LogP contribution in [0.3, 0.4) is 0 Å². The molecule has 3 rings (SSSR count). The molecule has 1 saturated carbocycles. The van der Waals surface area contributed by atoms with Gasteiger partial charge in [0.25, 0.3) is 0 Å². The number of para-hydroxylation sites is 1. The summed E-state index contributed by atoms with van der Waals surface area (Å²) in [4.78, 5) is 11.0. The number of aromatic carboxylic acids is 1. The van der Waals surface area contributed by atoms with Crippen LogP contribution in [0.25, 0.3) is 5.69 Å². The van der Waals surface area contributed by atoms with Crippen molar-refractivity contribution in [3.05, 3.63) is 41.6 Å². The van der Waals surface area contributed by atoms with E-state index in [0.29, 0.717) is 12.5 Å². The van der Waals surface area contributed by atoms with Crippen LogP contribution in [0.4, 0.5) is 8.78 Å². The minimum absolute atomic E-state index is 0.0169. The summed E-state index contributed by atoms with van der Waals surface area (Å²) in [5.74, 6) is -2.55. The number of aromatic nitrogens is 2. The number of carbonyl (C=O) groups is 1. The number of hydrogen-bond acceptors (Lipinski definition) is 3. The summed E-state index contributed by atoms with van der Waals surface area (Å²) < 4.78 is 34.0. The van der Waals surface area contributed by atoms with Crippen molar-refractivity contribution in [1.29, 1.82) is 0 Å². The van der Waals surface area contributed by atoms with Crippen LogP contribution in [0.5, 0.6) is 5.88 Å². The van der Waals surface area contributed by atoms with Gasteiger partial charge < -0.3 is 9.84 Å². The lowest BCUT2D eigenvalue weighted by Crippen LogP contribution is -2.09. The van der Waals surface area contributed by atoms with Crippen LogP contribution in [0, 0.1) is 17.6 Å². The van der Waals surface area contributed by atoms with Crippen molar-refractivity contribution in [2.45, 2.75) is 12.8 Å². The Morgan fingerprint density at radius 1 is 1.38 bits per heavy atom. The van der Waals surface area contributed by atoms with E-state index in [9.17, 15) is 13.6 Å². The Hall–Kier alpha value is -2.44. The summed E-state index contributed by atoms with van der Waals surface area (Å²) in [6.45, 7) is 0.376. The first-order chi connectivity index (χ1) is 10.1. The zero-order chi connectivity index (χ0) is 15.0. The highest BCUT2D eigenvalue weighted by molar-refractivity contribution is 5.85. The molecule has 0 unspecified atom stereocenters. The molecule has 1 aliphatic rings. The monoisotopic (exact) mass is 294 g/mol. The molecule has 0 amide bonds. The number of halogens is 2. The van der Waals surface area contributed by atoms with Crippen molar-refractivity contribution >= 4 is 5.97 Å². The molecule has 1 N–H and O–H groups in total. The summed E-state index contributed by atoms with van der Waals surface area (Å²) in [5.41, 5.74) is -0.778. The van der Waals surface area contributed by atoms with Crippen LogP contribution < -0.4 is 4.74 Å². The van der Waals surface area contributed by atoms with Gasteiger partial charge in [0.1, 0.15) is 5.69 Å². The highest BCUT2D eigenvalue weighted by atomic mass is 19.1. The van der Waals surface area contributed by atoms with Gasteiger partial charge in [0.05, 0.1) is 6.61 Å². The normalized spacial score (nSPS) is 14.2. The van der Waals surface area contributed by atoms with E-state index in [0.717, 1.165) is 35.7 Å². The number of hydrogen-bond donors (Lipinski definition) is 1. The molecule has 0 bridgehead atoms. The van der Waals surface area contributed by atoms with Gasteiger partial charge in [0.2, 0.25) is 5.88 Å². The predicted octanol–water partition coefficient (Wildman–Crippen LogP) is 2.64. The fraction of sp³-hybridized carbons (Fsp3) is 0.286. The first-order valence-corrected chi connectivity index (χ1v) is 6.47. The van der Waals surface area contributed by atoms with Gasteiger partial charge in [-0.2, -0.15) is 9.78 Å². The topological polar surface area (TPSA) is 64.3 Å². The fourth-order valence-corrected chi connectivity index (χ4v) is 1.91. The van der Waals surface area contributed by atoms with Gasteiger partial charge in [0.15, 0.2) is 17.3 Å². The molecule has 0 radical (unpaired) electrons. The third-order valence-corrected chi connectivity index (χ3v) is 3.21. The largest absolute Gasteiger partial charge is 0.477 e. The van der Waals surface area contributed by atoms with Gasteiger partial charge in [-0.25, -0.2) is 13.6 Å². The Labute approximate surface area is 118 Å². The molecule has 1 aromatic heterocycles. The van der Waals surface area contributed by atoms with Crippen LogP contribution >= 0.6 is 0 Å². The summed E-state index contributed by atoms with van der Waals surface area (Å²) in [6, 6.07) is 4.54. The van der Waals surface area contributed by atoms with Gasteiger partial charge in [-0.1, -0.05) is 6.07 Å². The molecule has 110 valence electrons. The van der Waals surface area contributed by atoms with E-state index < -0.39 is 23.3 Å². The molecule has 1 aromatic carbocycles. The number of carboxylic acid groups (broad SMARTS) is 1. The van der Waals surface area contributed by atoms with Crippen molar-refractivity contribution in [2.75, 3.05) is 6.61 Å². The highest BCUT2D eigenvalue weighted by Crippen LogP contribution is 2.31. The molecule has 1 aliphatic carbocycles. The Balaban J connectivity index is 2.03. The van der Waals surface area contributed by atoms with E-state index >= 15 is 0 Å². The second-order valence-corrected chi connectivity index (χ2v) is 4.91. The second-order valence-electron chi connectivity index (χ2n) is 4.91. The molecule has 0 saturated heterocycles. The van der Waals surface area contributed by atoms with Crippen LogP contribution in [0.15, 0.2) is 24.3 Å². The maximum absolute atomic E-state index is 13.8. The van der Waals surface area contributed by atoms with Crippen molar-refractivity contribution in [2.24, 2.45) is 5.92 Å². The average Bonchev–Trinajstić information content (AvgIpc) is 3.16. The Morgan fingerprint density at radius 3 is 2.62 bits per heavy atom. The van der Waals surface area contributed by atoms with E-state index in [4.69, 9.17) is 9.84 Å². The van der Waals surface area contributed by atoms with Crippen molar-refractivity contribution in [3.63, 3.8) is 0 Å².